The molecule has 176 valence electrons. The number of halogens is 3. The molecule has 0 aliphatic carbocycles. The Morgan fingerprint density at radius 1 is 1.03 bits per heavy atom. The van der Waals surface area contributed by atoms with Crippen molar-refractivity contribution in [1.29, 1.82) is 5.26 Å². The molecule has 0 spiro atoms. The first-order valence-electron chi connectivity index (χ1n) is 10.6. The molecule has 2 amide bonds. The number of para-hydroxylation sites is 1. The zero-order chi connectivity index (χ0) is 24.7. The smallest absolute Gasteiger partial charge is 0.315 e. The van der Waals surface area contributed by atoms with Gasteiger partial charge in [0.2, 0.25) is 4.80 Å². The van der Waals surface area contributed by atoms with Crippen molar-refractivity contribution in [3.63, 3.8) is 0 Å². The molecule has 0 bridgehead atoms. The maximum absolute atomic E-state index is 14.0. The lowest BCUT2D eigenvalue weighted by molar-refractivity contribution is -0.141. The number of benzene rings is 2. The fourth-order valence-corrected chi connectivity index (χ4v) is 5.33. The molecule has 0 fully saturated rings. The molecule has 2 aliphatic heterocycles. The van der Waals surface area contributed by atoms with Gasteiger partial charge in [-0.05, 0) is 30.0 Å². The monoisotopic (exact) mass is 495 g/mol. The number of aryl methyl sites for hydroxylation is 2. The fourth-order valence-electron chi connectivity index (χ4n) is 4.28. The highest BCUT2D eigenvalue weighted by atomic mass is 32.1. The van der Waals surface area contributed by atoms with Gasteiger partial charge in [0, 0.05) is 6.54 Å². The molecule has 11 heteroatoms. The number of thiazole rings is 1. The first-order chi connectivity index (χ1) is 16.8. The predicted molar refractivity (Wildman–Crippen MR) is 122 cm³/mol. The standard InChI is InChI=1S/C24H16F3N5O2S/c25-24(26,27)18-16(12-28)21(33)32(13-14-6-2-1-3-7-14)22(34)19(18)29-30-23-31-11-5-9-15-8-4-10-17(35-23)20(15)31/h1-4,6-8,10H,5,9,11,13H2/b29-19+,30-23-. The van der Waals surface area contributed by atoms with Crippen LogP contribution >= 0.6 is 11.3 Å². The lowest BCUT2D eigenvalue weighted by Gasteiger charge is -2.27. The van der Waals surface area contributed by atoms with Gasteiger partial charge in [-0.2, -0.15) is 18.4 Å². The predicted octanol–water partition coefficient (Wildman–Crippen LogP) is 3.86. The van der Waals surface area contributed by atoms with Crippen molar-refractivity contribution in [2.75, 3.05) is 0 Å². The van der Waals surface area contributed by atoms with E-state index in [0.717, 1.165) is 28.6 Å². The average Bonchev–Trinajstić information content (AvgIpc) is 3.20. The number of rotatable bonds is 3. The number of nitrogens with zero attached hydrogens (tertiary/aromatic N) is 5. The molecule has 0 atom stereocenters. The van der Waals surface area contributed by atoms with Crippen molar-refractivity contribution in [3.8, 4) is 6.07 Å². The number of hydrogen-bond donors (Lipinski definition) is 0. The Kier molecular flexibility index (Phi) is 5.61. The topological polar surface area (TPSA) is 90.8 Å². The average molecular weight is 495 g/mol. The highest BCUT2D eigenvalue weighted by molar-refractivity contribution is 7.16. The second-order valence-electron chi connectivity index (χ2n) is 7.99. The summed E-state index contributed by atoms with van der Waals surface area (Å²) >= 11 is 1.25. The van der Waals surface area contributed by atoms with E-state index in [1.807, 2.05) is 22.8 Å². The minimum Gasteiger partial charge on any atom is -0.315 e. The van der Waals surface area contributed by atoms with Gasteiger partial charge in [0.15, 0.2) is 5.71 Å². The molecule has 3 aromatic rings. The SMILES string of the molecule is N#CC1=C(C(F)(F)F)/C(=N\N=c2/sc3cccc4c3n2CCC4)C(=O)N(Cc2ccccc2)C1=O. The zero-order valence-electron chi connectivity index (χ0n) is 18.0. The van der Waals surface area contributed by atoms with Crippen molar-refractivity contribution in [2.24, 2.45) is 10.2 Å². The van der Waals surface area contributed by atoms with Crippen LogP contribution in [0.3, 0.4) is 0 Å². The molecular formula is C24H16F3N5O2S. The van der Waals surface area contributed by atoms with E-state index in [4.69, 9.17) is 0 Å². The lowest BCUT2D eigenvalue weighted by atomic mass is 9.96. The van der Waals surface area contributed by atoms with Gasteiger partial charge in [0.05, 0.1) is 16.8 Å². The van der Waals surface area contributed by atoms with Crippen LogP contribution in [0.15, 0.2) is 69.9 Å². The van der Waals surface area contributed by atoms with Gasteiger partial charge >= 0.3 is 6.18 Å². The van der Waals surface area contributed by atoms with E-state index in [0.29, 0.717) is 21.8 Å². The second-order valence-corrected chi connectivity index (χ2v) is 9.00. The number of alkyl halides is 3. The third-order valence-electron chi connectivity index (χ3n) is 5.82. The van der Waals surface area contributed by atoms with Crippen molar-refractivity contribution in [2.45, 2.75) is 32.1 Å². The molecular weight excluding hydrogens is 479 g/mol. The Balaban J connectivity index is 1.68. The van der Waals surface area contributed by atoms with Gasteiger partial charge < -0.3 is 4.57 Å². The normalized spacial score (nSPS) is 18.1. The van der Waals surface area contributed by atoms with E-state index in [1.54, 1.807) is 30.3 Å². The van der Waals surface area contributed by atoms with Crippen LogP contribution < -0.4 is 4.80 Å². The Bertz CT molecular complexity index is 1540. The molecule has 2 aliphatic rings. The van der Waals surface area contributed by atoms with E-state index < -0.39 is 34.8 Å². The molecule has 0 N–H and O–H groups in total. The number of hydrogen-bond acceptors (Lipinski definition) is 6. The van der Waals surface area contributed by atoms with Crippen LogP contribution in [0.25, 0.3) is 10.2 Å². The van der Waals surface area contributed by atoms with Crippen LogP contribution in [0, 0.1) is 11.3 Å². The summed E-state index contributed by atoms with van der Waals surface area (Å²) in [4.78, 5) is 26.8. The number of imide groups is 1. The van der Waals surface area contributed by atoms with E-state index in [1.165, 1.54) is 17.4 Å². The van der Waals surface area contributed by atoms with Gasteiger partial charge in [-0.15, -0.1) is 10.2 Å². The van der Waals surface area contributed by atoms with Crippen LogP contribution in [0.4, 0.5) is 13.2 Å². The van der Waals surface area contributed by atoms with Crippen LogP contribution in [0.1, 0.15) is 17.5 Å². The Morgan fingerprint density at radius 2 is 1.80 bits per heavy atom. The molecule has 35 heavy (non-hydrogen) atoms. The lowest BCUT2D eigenvalue weighted by Crippen LogP contribution is -2.49. The number of nitriles is 1. The van der Waals surface area contributed by atoms with E-state index in [9.17, 15) is 28.0 Å². The number of aromatic nitrogens is 1. The highest BCUT2D eigenvalue weighted by Crippen LogP contribution is 2.34. The largest absolute Gasteiger partial charge is 0.420 e. The molecule has 0 unspecified atom stereocenters. The summed E-state index contributed by atoms with van der Waals surface area (Å²) in [6, 6.07) is 15.4. The zero-order valence-corrected chi connectivity index (χ0v) is 18.9. The Labute approximate surface area is 200 Å². The van der Waals surface area contributed by atoms with Gasteiger partial charge in [-0.3, -0.25) is 14.5 Å². The summed E-state index contributed by atoms with van der Waals surface area (Å²) in [5, 5.41) is 17.2. The van der Waals surface area contributed by atoms with Gasteiger partial charge in [-0.25, -0.2) is 0 Å². The summed E-state index contributed by atoms with van der Waals surface area (Å²) in [5.74, 6) is -2.57. The molecule has 7 nitrogen and oxygen atoms in total. The van der Waals surface area contributed by atoms with Crippen LogP contribution in [0.2, 0.25) is 0 Å². The maximum Gasteiger partial charge on any atom is 0.420 e. The van der Waals surface area contributed by atoms with E-state index >= 15 is 0 Å². The highest BCUT2D eigenvalue weighted by Gasteiger charge is 2.50. The summed E-state index contributed by atoms with van der Waals surface area (Å²) in [7, 11) is 0. The molecule has 0 radical (unpaired) electrons. The maximum atomic E-state index is 14.0. The molecule has 0 saturated carbocycles. The third kappa shape index (κ3) is 3.95. The summed E-state index contributed by atoms with van der Waals surface area (Å²) in [5.41, 5.74) is -1.36. The molecule has 5 rings (SSSR count). The van der Waals surface area contributed by atoms with Gasteiger partial charge in [-0.1, -0.05) is 53.8 Å². The van der Waals surface area contributed by atoms with Crippen molar-refractivity contribution in [1.82, 2.24) is 9.47 Å². The fraction of sp³-hybridized carbons (Fsp3) is 0.208. The van der Waals surface area contributed by atoms with Crippen LogP contribution in [-0.4, -0.2) is 33.2 Å². The minimum atomic E-state index is -5.15. The Hall–Kier alpha value is -4.04. The molecule has 0 saturated heterocycles. The third-order valence-corrected chi connectivity index (χ3v) is 6.85. The molecule has 1 aromatic heterocycles. The van der Waals surface area contributed by atoms with E-state index in [2.05, 4.69) is 10.2 Å². The van der Waals surface area contributed by atoms with E-state index in [-0.39, 0.29) is 6.54 Å². The first kappa shape index (κ1) is 22.7. The first-order valence-corrected chi connectivity index (χ1v) is 11.5. The summed E-state index contributed by atoms with van der Waals surface area (Å²) in [6.45, 7) is 0.304. The number of carbonyl (C=O) groups excluding carboxylic acids is 2. The summed E-state index contributed by atoms with van der Waals surface area (Å²) in [6.07, 6.45) is -3.45. The Morgan fingerprint density at radius 3 is 2.51 bits per heavy atom. The van der Waals surface area contributed by atoms with Gasteiger partial charge in [0.1, 0.15) is 17.2 Å². The summed E-state index contributed by atoms with van der Waals surface area (Å²) < 4.78 is 44.7. The van der Waals surface area contributed by atoms with Crippen molar-refractivity contribution >= 4 is 39.1 Å². The number of carbonyl (C=O) groups is 2. The van der Waals surface area contributed by atoms with Crippen molar-refractivity contribution in [3.05, 3.63) is 75.6 Å². The quantitative estimate of drug-likeness (QED) is 0.408. The van der Waals surface area contributed by atoms with Crippen molar-refractivity contribution < 1.29 is 22.8 Å². The van der Waals surface area contributed by atoms with Crippen LogP contribution in [-0.2, 0) is 29.1 Å². The molecule has 3 heterocycles. The number of amides is 2. The van der Waals surface area contributed by atoms with Crippen LogP contribution in [0.5, 0.6) is 0 Å². The van der Waals surface area contributed by atoms with Gasteiger partial charge in [0.25, 0.3) is 11.8 Å². The minimum absolute atomic E-state index is 0.305. The second kappa shape index (κ2) is 8.63. The molecule has 2 aromatic carbocycles.